The molecule has 1 fully saturated rings. The van der Waals surface area contributed by atoms with E-state index >= 15 is 0 Å². The number of ketones is 1. The first-order valence-electron chi connectivity index (χ1n) is 5.73. The second-order valence-corrected chi connectivity index (χ2v) is 5.74. The zero-order chi connectivity index (χ0) is 14.1. The fourth-order valence-corrected chi connectivity index (χ4v) is 1.43. The standard InChI is InChI=1S/C12H19NO5/c1-8(14)12(5)6-13(9(15)17-7-12)10(16)18-11(2,3)4/h6-7H2,1-5H3. The summed E-state index contributed by atoms with van der Waals surface area (Å²) in [5.74, 6) is -0.136. The molecule has 1 aliphatic heterocycles. The van der Waals surface area contributed by atoms with Gasteiger partial charge in [-0.1, -0.05) is 0 Å². The number of rotatable bonds is 1. The summed E-state index contributed by atoms with van der Waals surface area (Å²) in [5, 5.41) is 0. The highest BCUT2D eigenvalue weighted by atomic mass is 16.6. The molecule has 102 valence electrons. The van der Waals surface area contributed by atoms with E-state index in [1.54, 1.807) is 27.7 Å². The van der Waals surface area contributed by atoms with E-state index in [0.717, 1.165) is 4.90 Å². The van der Waals surface area contributed by atoms with Crippen molar-refractivity contribution < 1.29 is 23.9 Å². The number of carbonyl (C=O) groups excluding carboxylic acids is 3. The van der Waals surface area contributed by atoms with Gasteiger partial charge in [0.05, 0.1) is 12.0 Å². The highest BCUT2D eigenvalue weighted by molar-refractivity contribution is 5.91. The van der Waals surface area contributed by atoms with Crippen LogP contribution in [0.2, 0.25) is 0 Å². The first-order valence-corrected chi connectivity index (χ1v) is 5.73. The van der Waals surface area contributed by atoms with Gasteiger partial charge in [-0.3, -0.25) is 4.79 Å². The first kappa shape index (κ1) is 14.5. The van der Waals surface area contributed by atoms with E-state index in [1.165, 1.54) is 6.92 Å². The monoisotopic (exact) mass is 257 g/mol. The third-order valence-electron chi connectivity index (χ3n) is 2.71. The van der Waals surface area contributed by atoms with Crippen LogP contribution in [0.3, 0.4) is 0 Å². The molecule has 6 heteroatoms. The number of imide groups is 1. The predicted molar refractivity (Wildman–Crippen MR) is 63.1 cm³/mol. The van der Waals surface area contributed by atoms with Crippen LogP contribution in [0.5, 0.6) is 0 Å². The number of ether oxygens (including phenoxy) is 2. The third kappa shape index (κ3) is 3.21. The Labute approximate surface area is 106 Å². The summed E-state index contributed by atoms with van der Waals surface area (Å²) in [7, 11) is 0. The van der Waals surface area contributed by atoms with Gasteiger partial charge in [0.25, 0.3) is 0 Å². The first-order chi connectivity index (χ1) is 8.05. The number of hydrogen-bond donors (Lipinski definition) is 0. The Bertz CT molecular complexity index is 384. The number of cyclic esters (lactones) is 1. The van der Waals surface area contributed by atoms with Gasteiger partial charge in [-0.2, -0.15) is 0 Å². The highest BCUT2D eigenvalue weighted by Gasteiger charge is 2.44. The Balaban J connectivity index is 2.83. The molecular weight excluding hydrogens is 238 g/mol. The molecule has 0 aromatic carbocycles. The zero-order valence-corrected chi connectivity index (χ0v) is 11.4. The Kier molecular flexibility index (Phi) is 3.69. The van der Waals surface area contributed by atoms with Crippen molar-refractivity contribution in [2.45, 2.75) is 40.2 Å². The predicted octanol–water partition coefficient (Wildman–Crippen LogP) is 1.97. The second-order valence-electron chi connectivity index (χ2n) is 5.74. The van der Waals surface area contributed by atoms with Crippen LogP contribution < -0.4 is 0 Å². The Hall–Kier alpha value is -1.59. The van der Waals surface area contributed by atoms with Crippen molar-refractivity contribution >= 4 is 18.0 Å². The van der Waals surface area contributed by atoms with E-state index in [0.29, 0.717) is 0 Å². The summed E-state index contributed by atoms with van der Waals surface area (Å²) in [6.45, 7) is 8.13. The minimum atomic E-state index is -0.870. The van der Waals surface area contributed by atoms with Crippen molar-refractivity contribution in [2.75, 3.05) is 13.2 Å². The number of hydrogen-bond acceptors (Lipinski definition) is 5. The maximum absolute atomic E-state index is 11.8. The molecule has 18 heavy (non-hydrogen) atoms. The Morgan fingerprint density at radius 1 is 1.39 bits per heavy atom. The van der Waals surface area contributed by atoms with Crippen molar-refractivity contribution in [3.05, 3.63) is 0 Å². The lowest BCUT2D eigenvalue weighted by molar-refractivity contribution is -0.131. The minimum Gasteiger partial charge on any atom is -0.448 e. The molecule has 0 spiro atoms. The smallest absolute Gasteiger partial charge is 0.419 e. The van der Waals surface area contributed by atoms with Gasteiger partial charge in [0, 0.05) is 0 Å². The van der Waals surface area contributed by atoms with Crippen molar-refractivity contribution in [3.8, 4) is 0 Å². The lowest BCUT2D eigenvalue weighted by Gasteiger charge is -2.37. The van der Waals surface area contributed by atoms with Gasteiger partial charge in [0.1, 0.15) is 18.0 Å². The van der Waals surface area contributed by atoms with Gasteiger partial charge in [0.15, 0.2) is 0 Å². The normalized spacial score (nSPS) is 24.5. The van der Waals surface area contributed by atoms with Gasteiger partial charge in [-0.05, 0) is 34.6 Å². The molecule has 0 aliphatic carbocycles. The van der Waals surface area contributed by atoms with E-state index in [-0.39, 0.29) is 18.9 Å². The third-order valence-corrected chi connectivity index (χ3v) is 2.71. The van der Waals surface area contributed by atoms with E-state index < -0.39 is 23.2 Å². The molecule has 1 unspecified atom stereocenters. The molecular formula is C12H19NO5. The second kappa shape index (κ2) is 4.59. The van der Waals surface area contributed by atoms with E-state index in [9.17, 15) is 14.4 Å². The molecule has 0 aromatic heterocycles. The highest BCUT2D eigenvalue weighted by Crippen LogP contribution is 2.26. The average Bonchev–Trinajstić information content (AvgIpc) is 2.19. The van der Waals surface area contributed by atoms with Crippen LogP contribution in [-0.4, -0.2) is 41.6 Å². The quantitative estimate of drug-likeness (QED) is 0.718. The van der Waals surface area contributed by atoms with Gasteiger partial charge >= 0.3 is 12.2 Å². The molecule has 0 bridgehead atoms. The molecule has 6 nitrogen and oxygen atoms in total. The van der Waals surface area contributed by atoms with Crippen molar-refractivity contribution in [1.82, 2.24) is 4.90 Å². The maximum atomic E-state index is 11.8. The summed E-state index contributed by atoms with van der Waals surface area (Å²) in [6, 6.07) is 0. The molecule has 0 radical (unpaired) electrons. The Morgan fingerprint density at radius 3 is 2.39 bits per heavy atom. The molecule has 2 amide bonds. The number of Topliss-reactive ketones (excluding diaryl/α,β-unsaturated/α-hetero) is 1. The molecule has 1 heterocycles. The summed E-state index contributed by atoms with van der Waals surface area (Å²) in [6.07, 6.45) is -1.57. The Morgan fingerprint density at radius 2 is 1.94 bits per heavy atom. The number of amides is 2. The number of nitrogens with zero attached hydrogens (tertiary/aromatic N) is 1. The van der Waals surface area contributed by atoms with Crippen LogP contribution in [0.4, 0.5) is 9.59 Å². The van der Waals surface area contributed by atoms with Crippen LogP contribution in [0.15, 0.2) is 0 Å². The fourth-order valence-electron chi connectivity index (χ4n) is 1.43. The van der Waals surface area contributed by atoms with Gasteiger partial charge < -0.3 is 9.47 Å². The minimum absolute atomic E-state index is 0.0134. The van der Waals surface area contributed by atoms with E-state index in [1.807, 2.05) is 0 Å². The topological polar surface area (TPSA) is 72.9 Å². The lowest BCUT2D eigenvalue weighted by atomic mass is 9.86. The molecule has 0 N–H and O–H groups in total. The molecule has 1 saturated heterocycles. The largest absolute Gasteiger partial charge is 0.448 e. The van der Waals surface area contributed by atoms with Crippen molar-refractivity contribution in [1.29, 1.82) is 0 Å². The fraction of sp³-hybridized carbons (Fsp3) is 0.750. The van der Waals surface area contributed by atoms with Crippen LogP contribution in [0, 0.1) is 5.41 Å². The van der Waals surface area contributed by atoms with Gasteiger partial charge in [-0.15, -0.1) is 0 Å². The molecule has 0 saturated carbocycles. The van der Waals surface area contributed by atoms with Crippen LogP contribution in [0.25, 0.3) is 0 Å². The molecule has 1 atom stereocenters. The summed E-state index contributed by atoms with van der Waals surface area (Å²) < 4.78 is 9.96. The average molecular weight is 257 g/mol. The summed E-state index contributed by atoms with van der Waals surface area (Å²) in [4.78, 5) is 35.7. The molecule has 1 rings (SSSR count). The molecule has 0 aromatic rings. The summed E-state index contributed by atoms with van der Waals surface area (Å²) in [5.41, 5.74) is -1.58. The van der Waals surface area contributed by atoms with Crippen LogP contribution in [0.1, 0.15) is 34.6 Å². The number of carbonyl (C=O) groups is 3. The zero-order valence-electron chi connectivity index (χ0n) is 11.4. The van der Waals surface area contributed by atoms with Gasteiger partial charge in [0.2, 0.25) is 0 Å². The summed E-state index contributed by atoms with van der Waals surface area (Å²) >= 11 is 0. The van der Waals surface area contributed by atoms with Crippen molar-refractivity contribution in [2.24, 2.45) is 5.41 Å². The SMILES string of the molecule is CC(=O)C1(C)COC(=O)N(C(=O)OC(C)(C)C)C1. The lowest BCUT2D eigenvalue weighted by Crippen LogP contribution is -2.54. The van der Waals surface area contributed by atoms with Crippen LogP contribution >= 0.6 is 0 Å². The van der Waals surface area contributed by atoms with E-state index in [2.05, 4.69) is 0 Å². The molecule has 1 aliphatic rings. The van der Waals surface area contributed by atoms with E-state index in [4.69, 9.17) is 9.47 Å². The van der Waals surface area contributed by atoms with Gasteiger partial charge in [-0.25, -0.2) is 14.5 Å². The van der Waals surface area contributed by atoms with Crippen LogP contribution in [-0.2, 0) is 14.3 Å². The maximum Gasteiger partial charge on any atom is 0.419 e. The van der Waals surface area contributed by atoms with Crippen molar-refractivity contribution in [3.63, 3.8) is 0 Å².